The van der Waals surface area contributed by atoms with Gasteiger partial charge in [0.25, 0.3) is 5.56 Å². The molecule has 0 atom stereocenters. The average Bonchev–Trinajstić information content (AvgIpc) is 2.39. The van der Waals surface area contributed by atoms with E-state index in [1.54, 1.807) is 13.2 Å². The minimum absolute atomic E-state index is 0.192. The Morgan fingerprint density at radius 2 is 2.11 bits per heavy atom. The lowest BCUT2D eigenvalue weighted by Crippen LogP contribution is -2.27. The molecule has 6 heteroatoms. The van der Waals surface area contributed by atoms with E-state index < -0.39 is 0 Å². The summed E-state index contributed by atoms with van der Waals surface area (Å²) < 4.78 is 6.19. The second-order valence-electron chi connectivity index (χ2n) is 3.53. The Bertz CT molecular complexity index is 597. The minimum Gasteiger partial charge on any atom is -0.411 e. The number of hydrogen-bond acceptors (Lipinski definition) is 5. The first-order valence-corrected chi connectivity index (χ1v) is 6.44. The number of thioether (sulfide) groups is 1. The van der Waals surface area contributed by atoms with Crippen molar-refractivity contribution in [3.8, 4) is 0 Å². The van der Waals surface area contributed by atoms with Gasteiger partial charge in [-0.25, -0.2) is 4.98 Å². The topological polar surface area (TPSA) is 53.3 Å². The van der Waals surface area contributed by atoms with Crippen molar-refractivity contribution in [3.05, 3.63) is 34.6 Å². The number of fused-ring (bicyclic) bond motifs is 1. The third-order valence-electron chi connectivity index (χ3n) is 2.41. The fourth-order valence-electron chi connectivity index (χ4n) is 1.56. The van der Waals surface area contributed by atoms with E-state index in [-0.39, 0.29) is 5.56 Å². The number of methoxy groups -OCH3 is 1. The molecule has 0 amide bonds. The predicted octanol–water partition coefficient (Wildman–Crippen LogP) is 1.19. The van der Waals surface area contributed by atoms with Crippen LogP contribution in [0.25, 0.3) is 10.9 Å². The summed E-state index contributed by atoms with van der Waals surface area (Å²) in [7, 11) is 3.09. The van der Waals surface area contributed by atoms with E-state index in [1.807, 2.05) is 18.2 Å². The summed E-state index contributed by atoms with van der Waals surface area (Å²) >= 11 is 1.43. The second kappa shape index (κ2) is 5.88. The fraction of sp³-hybridized carbons (Fsp3) is 0.333. The Kier molecular flexibility index (Phi) is 4.22. The maximum absolute atomic E-state index is 12.2. The van der Waals surface area contributed by atoms with Gasteiger partial charge < -0.3 is 9.57 Å². The van der Waals surface area contributed by atoms with E-state index in [0.717, 1.165) is 0 Å². The average molecular weight is 266 g/mol. The second-order valence-corrected chi connectivity index (χ2v) is 4.60. The highest BCUT2D eigenvalue weighted by molar-refractivity contribution is 7.99. The summed E-state index contributed by atoms with van der Waals surface area (Å²) in [6.45, 7) is 0.594. The fourth-order valence-corrected chi connectivity index (χ4v) is 2.44. The van der Waals surface area contributed by atoms with E-state index in [2.05, 4.69) is 4.98 Å². The van der Waals surface area contributed by atoms with E-state index in [4.69, 9.17) is 9.57 Å². The zero-order valence-corrected chi connectivity index (χ0v) is 11.1. The Hall–Kier alpha value is -1.53. The lowest BCUT2D eigenvalue weighted by molar-refractivity contribution is 0.131. The van der Waals surface area contributed by atoms with E-state index in [9.17, 15) is 4.79 Å². The smallest absolute Gasteiger partial charge is 0.295 e. The standard InChI is InChI=1S/C12H14N2O3S/c1-16-7-8-18-12-13-10-6-4-3-5-9(10)11(15)14(12)17-2/h3-6H,7-8H2,1-2H3. The highest BCUT2D eigenvalue weighted by atomic mass is 32.2. The Balaban J connectivity index is 2.48. The number of hydrogen-bond donors (Lipinski definition) is 0. The molecule has 0 spiro atoms. The first-order valence-electron chi connectivity index (χ1n) is 5.46. The van der Waals surface area contributed by atoms with Gasteiger partial charge in [-0.15, -0.1) is 4.73 Å². The summed E-state index contributed by atoms with van der Waals surface area (Å²) in [5.41, 5.74) is 0.485. The van der Waals surface area contributed by atoms with Gasteiger partial charge in [0.1, 0.15) is 7.11 Å². The van der Waals surface area contributed by atoms with E-state index >= 15 is 0 Å². The van der Waals surface area contributed by atoms with Crippen molar-refractivity contribution < 1.29 is 9.57 Å². The highest BCUT2D eigenvalue weighted by Crippen LogP contribution is 2.16. The maximum Gasteiger partial charge on any atom is 0.295 e. The largest absolute Gasteiger partial charge is 0.411 e. The molecule has 0 saturated carbocycles. The normalized spacial score (nSPS) is 10.8. The van der Waals surface area contributed by atoms with Crippen LogP contribution in [0.4, 0.5) is 0 Å². The minimum atomic E-state index is -0.192. The molecule has 0 bridgehead atoms. The molecule has 0 aliphatic carbocycles. The summed E-state index contributed by atoms with van der Waals surface area (Å²) in [6.07, 6.45) is 0. The van der Waals surface area contributed by atoms with Crippen LogP contribution in [0.15, 0.2) is 34.2 Å². The summed E-state index contributed by atoms with van der Waals surface area (Å²) in [5, 5.41) is 1.09. The van der Waals surface area contributed by atoms with Crippen LogP contribution in [-0.2, 0) is 4.74 Å². The number of para-hydroxylation sites is 1. The number of aromatic nitrogens is 2. The van der Waals surface area contributed by atoms with Crippen LogP contribution in [0.5, 0.6) is 0 Å². The highest BCUT2D eigenvalue weighted by Gasteiger charge is 2.11. The molecule has 0 radical (unpaired) electrons. The van der Waals surface area contributed by atoms with Gasteiger partial charge in [0, 0.05) is 12.9 Å². The van der Waals surface area contributed by atoms with Crippen LogP contribution >= 0.6 is 11.8 Å². The first-order chi connectivity index (χ1) is 8.77. The molecule has 0 unspecified atom stereocenters. The number of ether oxygens (including phenoxy) is 1. The van der Waals surface area contributed by atoms with Crippen LogP contribution in [0.3, 0.4) is 0 Å². The zero-order chi connectivity index (χ0) is 13.0. The van der Waals surface area contributed by atoms with Gasteiger partial charge in [-0.3, -0.25) is 4.79 Å². The van der Waals surface area contributed by atoms with Gasteiger partial charge in [0.15, 0.2) is 0 Å². The van der Waals surface area contributed by atoms with Crippen molar-refractivity contribution in [2.45, 2.75) is 5.16 Å². The molecular weight excluding hydrogens is 252 g/mol. The maximum atomic E-state index is 12.2. The third kappa shape index (κ3) is 2.49. The monoisotopic (exact) mass is 266 g/mol. The molecule has 0 saturated heterocycles. The van der Waals surface area contributed by atoms with Gasteiger partial charge in [0.05, 0.1) is 17.5 Å². The van der Waals surface area contributed by atoms with Gasteiger partial charge in [-0.05, 0) is 12.1 Å². The van der Waals surface area contributed by atoms with Crippen LogP contribution in [0, 0.1) is 0 Å². The number of nitrogens with zero attached hydrogens (tertiary/aromatic N) is 2. The van der Waals surface area contributed by atoms with Crippen LogP contribution in [0.1, 0.15) is 0 Å². The van der Waals surface area contributed by atoms with E-state index in [0.29, 0.717) is 28.4 Å². The molecule has 0 aliphatic heterocycles. The Morgan fingerprint density at radius 3 is 2.83 bits per heavy atom. The zero-order valence-electron chi connectivity index (χ0n) is 10.3. The van der Waals surface area contributed by atoms with Gasteiger partial charge in [-0.2, -0.15) is 0 Å². The lowest BCUT2D eigenvalue weighted by atomic mass is 10.2. The molecular formula is C12H14N2O3S. The molecule has 5 nitrogen and oxygen atoms in total. The SMILES string of the molecule is COCCSc1nc2ccccc2c(=O)n1OC. The lowest BCUT2D eigenvalue weighted by Gasteiger charge is -2.10. The van der Waals surface area contributed by atoms with Gasteiger partial charge in [0.2, 0.25) is 5.16 Å². The van der Waals surface area contributed by atoms with Crippen molar-refractivity contribution in [1.29, 1.82) is 0 Å². The van der Waals surface area contributed by atoms with E-state index in [1.165, 1.54) is 23.6 Å². The third-order valence-corrected chi connectivity index (χ3v) is 3.30. The van der Waals surface area contributed by atoms with Crippen molar-refractivity contribution in [2.75, 3.05) is 26.6 Å². The van der Waals surface area contributed by atoms with Crippen LogP contribution in [-0.4, -0.2) is 36.3 Å². The quantitative estimate of drug-likeness (QED) is 0.462. The molecule has 2 aromatic rings. The van der Waals surface area contributed by atoms with Gasteiger partial charge >= 0.3 is 0 Å². The van der Waals surface area contributed by atoms with Gasteiger partial charge in [-0.1, -0.05) is 23.9 Å². The molecule has 1 heterocycles. The summed E-state index contributed by atoms with van der Waals surface area (Å²) in [6, 6.07) is 7.22. The first kappa shape index (κ1) is 12.9. The summed E-state index contributed by atoms with van der Waals surface area (Å²) in [4.78, 5) is 21.7. The molecule has 0 N–H and O–H groups in total. The van der Waals surface area contributed by atoms with Crippen molar-refractivity contribution >= 4 is 22.7 Å². The number of benzene rings is 1. The predicted molar refractivity (Wildman–Crippen MR) is 71.1 cm³/mol. The van der Waals surface area contributed by atoms with Crippen molar-refractivity contribution in [1.82, 2.24) is 9.71 Å². The molecule has 1 aromatic carbocycles. The van der Waals surface area contributed by atoms with Crippen LogP contribution < -0.4 is 10.4 Å². The van der Waals surface area contributed by atoms with Crippen LogP contribution in [0.2, 0.25) is 0 Å². The van der Waals surface area contributed by atoms with Crippen molar-refractivity contribution in [3.63, 3.8) is 0 Å². The van der Waals surface area contributed by atoms with Crippen molar-refractivity contribution in [2.24, 2.45) is 0 Å². The molecule has 2 rings (SSSR count). The summed E-state index contributed by atoms with van der Waals surface area (Å²) in [5.74, 6) is 0.713. The molecule has 1 aromatic heterocycles. The number of rotatable bonds is 5. The Morgan fingerprint density at radius 1 is 1.33 bits per heavy atom. The Labute approximate surface area is 109 Å². The molecule has 0 fully saturated rings. The molecule has 0 aliphatic rings. The molecule has 96 valence electrons. The molecule has 18 heavy (non-hydrogen) atoms.